The molecule has 0 radical (unpaired) electrons. The van der Waals surface area contributed by atoms with Gasteiger partial charge in [0.2, 0.25) is 0 Å². The van der Waals surface area contributed by atoms with Gasteiger partial charge in [-0.05, 0) is 25.8 Å². The van der Waals surface area contributed by atoms with Gasteiger partial charge in [0, 0.05) is 5.71 Å². The predicted molar refractivity (Wildman–Crippen MR) is 56.6 cm³/mol. The molecule has 68 valence electrons. The molecule has 1 heteroatoms. The van der Waals surface area contributed by atoms with Crippen LogP contribution in [0.2, 0.25) is 0 Å². The van der Waals surface area contributed by atoms with E-state index in [0.29, 0.717) is 0 Å². The first-order chi connectivity index (χ1) is 5.74. The normalized spacial score (nSPS) is 12.4. The molecule has 0 saturated heterocycles. The fraction of sp³-hybridized carbons (Fsp3) is 0.545. The molecule has 0 aliphatic heterocycles. The molecular weight excluding hydrogens is 146 g/mol. The van der Waals surface area contributed by atoms with E-state index < -0.39 is 0 Å². The van der Waals surface area contributed by atoms with Crippen molar-refractivity contribution < 1.29 is 0 Å². The Bertz CT molecular complexity index is 187. The van der Waals surface area contributed by atoms with Gasteiger partial charge in [-0.25, -0.2) is 0 Å². The molecule has 0 fully saturated rings. The molecular formula is C11H19N. The fourth-order valence-corrected chi connectivity index (χ4v) is 1.03. The maximum atomic E-state index is 4.41. The van der Waals surface area contributed by atoms with E-state index in [9.17, 15) is 0 Å². The van der Waals surface area contributed by atoms with Gasteiger partial charge < -0.3 is 0 Å². The molecule has 0 aromatic heterocycles. The third kappa shape index (κ3) is 4.89. The van der Waals surface area contributed by atoms with Gasteiger partial charge in [0.25, 0.3) is 0 Å². The maximum absolute atomic E-state index is 4.41. The van der Waals surface area contributed by atoms with E-state index in [1.807, 2.05) is 19.1 Å². The smallest absolute Gasteiger partial charge is 0.0553 e. The van der Waals surface area contributed by atoms with Crippen molar-refractivity contribution in [2.24, 2.45) is 4.99 Å². The van der Waals surface area contributed by atoms with E-state index in [-0.39, 0.29) is 0 Å². The van der Waals surface area contributed by atoms with Crippen LogP contribution in [0, 0.1) is 0 Å². The Hall–Kier alpha value is -0.850. The number of rotatable bonds is 5. The van der Waals surface area contributed by atoms with E-state index in [1.165, 1.54) is 5.71 Å². The van der Waals surface area contributed by atoms with Crippen molar-refractivity contribution in [2.75, 3.05) is 0 Å². The van der Waals surface area contributed by atoms with Crippen molar-refractivity contribution in [1.82, 2.24) is 0 Å². The van der Waals surface area contributed by atoms with Crippen LogP contribution in [0.5, 0.6) is 0 Å². The summed E-state index contributed by atoms with van der Waals surface area (Å²) in [4.78, 5) is 4.41. The van der Waals surface area contributed by atoms with E-state index in [1.54, 1.807) is 0 Å². The standard InChI is InChI=1S/C11H19N/c1-5-8-10(4)12-11(7-3)9-6-2/h5,8H,4,6-7,9H2,1-3H3/b8-5-,12-11+. The first kappa shape index (κ1) is 11.2. The summed E-state index contributed by atoms with van der Waals surface area (Å²) in [6, 6.07) is 0. The molecule has 0 saturated carbocycles. The van der Waals surface area contributed by atoms with Gasteiger partial charge in [0.05, 0.1) is 5.70 Å². The molecule has 0 aliphatic rings. The molecule has 12 heavy (non-hydrogen) atoms. The topological polar surface area (TPSA) is 12.4 Å². The molecule has 0 N–H and O–H groups in total. The van der Waals surface area contributed by atoms with Crippen molar-refractivity contribution in [1.29, 1.82) is 0 Å². The average molecular weight is 165 g/mol. The zero-order valence-electron chi connectivity index (χ0n) is 8.43. The second-order valence-electron chi connectivity index (χ2n) is 2.77. The van der Waals surface area contributed by atoms with Crippen LogP contribution >= 0.6 is 0 Å². The van der Waals surface area contributed by atoms with Gasteiger partial charge in [-0.15, -0.1) is 0 Å². The highest BCUT2D eigenvalue weighted by Gasteiger charge is 1.93. The van der Waals surface area contributed by atoms with Crippen LogP contribution in [0.25, 0.3) is 0 Å². The first-order valence-electron chi connectivity index (χ1n) is 4.62. The van der Waals surface area contributed by atoms with Gasteiger partial charge in [-0.3, -0.25) is 4.99 Å². The van der Waals surface area contributed by atoms with Crippen molar-refractivity contribution in [2.45, 2.75) is 40.0 Å². The highest BCUT2D eigenvalue weighted by molar-refractivity contribution is 5.85. The van der Waals surface area contributed by atoms with Crippen LogP contribution in [-0.2, 0) is 0 Å². The third-order valence-electron chi connectivity index (χ3n) is 1.61. The van der Waals surface area contributed by atoms with Gasteiger partial charge in [0.1, 0.15) is 0 Å². The Balaban J connectivity index is 4.16. The summed E-state index contributed by atoms with van der Waals surface area (Å²) < 4.78 is 0. The van der Waals surface area contributed by atoms with Crippen LogP contribution < -0.4 is 0 Å². The van der Waals surface area contributed by atoms with E-state index >= 15 is 0 Å². The summed E-state index contributed by atoms with van der Waals surface area (Å²) in [5.41, 5.74) is 2.11. The molecule has 0 atom stereocenters. The maximum Gasteiger partial charge on any atom is 0.0553 e. The Kier molecular flexibility index (Phi) is 6.35. The zero-order chi connectivity index (χ0) is 9.40. The number of aliphatic imine (C=N–C) groups is 1. The van der Waals surface area contributed by atoms with Crippen molar-refractivity contribution in [3.8, 4) is 0 Å². The fourth-order valence-electron chi connectivity index (χ4n) is 1.03. The Labute approximate surface area is 75.9 Å². The van der Waals surface area contributed by atoms with E-state index in [4.69, 9.17) is 0 Å². The molecule has 0 aliphatic carbocycles. The molecule has 0 rings (SSSR count). The third-order valence-corrected chi connectivity index (χ3v) is 1.61. The van der Waals surface area contributed by atoms with Gasteiger partial charge >= 0.3 is 0 Å². The highest BCUT2D eigenvalue weighted by Crippen LogP contribution is 2.03. The number of nitrogens with zero attached hydrogens (tertiary/aromatic N) is 1. The first-order valence-corrected chi connectivity index (χ1v) is 4.62. The number of hydrogen-bond acceptors (Lipinski definition) is 1. The monoisotopic (exact) mass is 165 g/mol. The Morgan fingerprint density at radius 3 is 2.50 bits per heavy atom. The summed E-state index contributed by atoms with van der Waals surface area (Å²) in [7, 11) is 0. The van der Waals surface area contributed by atoms with Crippen molar-refractivity contribution in [3.05, 3.63) is 24.4 Å². The average Bonchev–Trinajstić information content (AvgIpc) is 2.04. The van der Waals surface area contributed by atoms with E-state index in [0.717, 1.165) is 25.0 Å². The minimum absolute atomic E-state index is 0.864. The largest absolute Gasteiger partial charge is 0.259 e. The Morgan fingerprint density at radius 1 is 1.42 bits per heavy atom. The predicted octanol–water partition coefficient (Wildman–Crippen LogP) is 3.73. The van der Waals surface area contributed by atoms with Crippen LogP contribution in [0.4, 0.5) is 0 Å². The number of hydrogen-bond donors (Lipinski definition) is 0. The van der Waals surface area contributed by atoms with Gasteiger partial charge in [0.15, 0.2) is 0 Å². The van der Waals surface area contributed by atoms with Crippen LogP contribution in [-0.4, -0.2) is 5.71 Å². The minimum atomic E-state index is 0.864. The van der Waals surface area contributed by atoms with Crippen LogP contribution in [0.3, 0.4) is 0 Å². The summed E-state index contributed by atoms with van der Waals surface area (Å²) in [5, 5.41) is 0. The molecule has 0 unspecified atom stereocenters. The lowest BCUT2D eigenvalue weighted by Gasteiger charge is -2.00. The molecule has 0 amide bonds. The van der Waals surface area contributed by atoms with Crippen LogP contribution in [0.15, 0.2) is 29.4 Å². The Morgan fingerprint density at radius 2 is 2.08 bits per heavy atom. The number of allylic oxidation sites excluding steroid dienone is 2. The lowest BCUT2D eigenvalue weighted by Crippen LogP contribution is -1.94. The molecule has 0 heterocycles. The quantitative estimate of drug-likeness (QED) is 0.435. The van der Waals surface area contributed by atoms with Crippen LogP contribution in [0.1, 0.15) is 40.0 Å². The summed E-state index contributed by atoms with van der Waals surface area (Å²) >= 11 is 0. The summed E-state index contributed by atoms with van der Waals surface area (Å²) in [5.74, 6) is 0. The molecule has 0 aromatic rings. The zero-order valence-corrected chi connectivity index (χ0v) is 8.43. The molecule has 0 aromatic carbocycles. The second kappa shape index (κ2) is 6.84. The van der Waals surface area contributed by atoms with Gasteiger partial charge in [-0.2, -0.15) is 0 Å². The van der Waals surface area contributed by atoms with Crippen molar-refractivity contribution in [3.63, 3.8) is 0 Å². The van der Waals surface area contributed by atoms with Gasteiger partial charge in [-0.1, -0.05) is 32.9 Å². The summed E-state index contributed by atoms with van der Waals surface area (Å²) in [6.45, 7) is 10.1. The lowest BCUT2D eigenvalue weighted by molar-refractivity contribution is 0.964. The molecule has 1 nitrogen and oxygen atoms in total. The minimum Gasteiger partial charge on any atom is -0.259 e. The second-order valence-corrected chi connectivity index (χ2v) is 2.77. The molecule has 0 bridgehead atoms. The van der Waals surface area contributed by atoms with Crippen molar-refractivity contribution >= 4 is 5.71 Å². The highest BCUT2D eigenvalue weighted by atomic mass is 14.7. The summed E-state index contributed by atoms with van der Waals surface area (Å²) in [6.07, 6.45) is 7.18. The lowest BCUT2D eigenvalue weighted by atomic mass is 10.2. The molecule has 0 spiro atoms. The SMILES string of the molecule is C=C(/C=C\C)/N=C(\CC)CCC. The van der Waals surface area contributed by atoms with E-state index in [2.05, 4.69) is 25.4 Å².